The zero-order chi connectivity index (χ0) is 19.0. The third kappa shape index (κ3) is 4.63. The van der Waals surface area contributed by atoms with Gasteiger partial charge in [0.15, 0.2) is 5.41 Å². The van der Waals surface area contributed by atoms with E-state index < -0.39 is 11.4 Å². The molecular formula is C24H20O3. The molecule has 0 aliphatic rings. The third-order valence-electron chi connectivity index (χ3n) is 4.26. The summed E-state index contributed by atoms with van der Waals surface area (Å²) in [5.74, 6) is 4.96. The second kappa shape index (κ2) is 8.84. The summed E-state index contributed by atoms with van der Waals surface area (Å²) in [4.78, 5) is 12.3. The summed E-state index contributed by atoms with van der Waals surface area (Å²) >= 11 is 0. The summed E-state index contributed by atoms with van der Waals surface area (Å²) in [5, 5.41) is 10.1. The fraction of sp³-hybridized carbons (Fsp3) is 0.125. The van der Waals surface area contributed by atoms with Crippen molar-refractivity contribution in [2.24, 2.45) is 0 Å². The van der Waals surface area contributed by atoms with E-state index in [0.717, 1.165) is 11.1 Å². The van der Waals surface area contributed by atoms with Crippen molar-refractivity contribution >= 4 is 5.97 Å². The maximum atomic E-state index is 12.3. The van der Waals surface area contributed by atoms with Crippen LogP contribution in [0.4, 0.5) is 0 Å². The molecule has 0 amide bonds. The molecule has 0 aliphatic carbocycles. The van der Waals surface area contributed by atoms with E-state index in [9.17, 15) is 9.90 Å². The van der Waals surface area contributed by atoms with E-state index >= 15 is 0 Å². The van der Waals surface area contributed by atoms with Crippen LogP contribution in [-0.2, 0) is 21.6 Å². The van der Waals surface area contributed by atoms with Crippen molar-refractivity contribution < 1.29 is 14.6 Å². The molecule has 1 unspecified atom stereocenters. The van der Waals surface area contributed by atoms with Gasteiger partial charge in [-0.3, -0.25) is 4.79 Å². The highest BCUT2D eigenvalue weighted by atomic mass is 16.5. The normalized spacial score (nSPS) is 12.4. The molecule has 1 atom stereocenters. The maximum Gasteiger partial charge on any atom is 0.328 e. The highest BCUT2D eigenvalue weighted by molar-refractivity contribution is 5.86. The van der Waals surface area contributed by atoms with E-state index in [1.807, 2.05) is 78.9 Å². The summed E-state index contributed by atoms with van der Waals surface area (Å²) < 4.78 is 5.81. The van der Waals surface area contributed by atoms with Gasteiger partial charge in [-0.25, -0.2) is 0 Å². The van der Waals surface area contributed by atoms with Crippen LogP contribution in [0, 0.1) is 11.8 Å². The predicted molar refractivity (Wildman–Crippen MR) is 105 cm³/mol. The van der Waals surface area contributed by atoms with Gasteiger partial charge in [0.2, 0.25) is 0 Å². The first-order chi connectivity index (χ1) is 13.2. The largest absolute Gasteiger partial charge is 0.480 e. The van der Waals surface area contributed by atoms with Gasteiger partial charge in [0.25, 0.3) is 0 Å². The van der Waals surface area contributed by atoms with Crippen molar-refractivity contribution in [1.82, 2.24) is 0 Å². The molecule has 0 spiro atoms. The van der Waals surface area contributed by atoms with Crippen molar-refractivity contribution in [3.8, 4) is 11.8 Å². The lowest BCUT2D eigenvalue weighted by Crippen LogP contribution is -2.39. The molecule has 3 aromatic rings. The number of carboxylic acid groups (broad SMARTS) is 1. The number of aliphatic carboxylic acids is 1. The van der Waals surface area contributed by atoms with E-state index in [-0.39, 0.29) is 6.61 Å². The monoisotopic (exact) mass is 356 g/mol. The first kappa shape index (κ1) is 18.4. The first-order valence-electron chi connectivity index (χ1n) is 8.69. The predicted octanol–water partition coefficient (Wildman–Crippen LogP) is 4.28. The summed E-state index contributed by atoms with van der Waals surface area (Å²) in [6, 6.07) is 28.1. The van der Waals surface area contributed by atoms with Gasteiger partial charge < -0.3 is 9.84 Å². The minimum absolute atomic E-state index is 0.0406. The molecule has 0 radical (unpaired) electrons. The Morgan fingerprint density at radius 2 is 1.41 bits per heavy atom. The Balaban J connectivity index is 1.92. The smallest absolute Gasteiger partial charge is 0.328 e. The van der Waals surface area contributed by atoms with E-state index in [4.69, 9.17) is 4.74 Å². The molecule has 27 heavy (non-hydrogen) atoms. The van der Waals surface area contributed by atoms with Crippen LogP contribution in [0.5, 0.6) is 0 Å². The van der Waals surface area contributed by atoms with Crippen molar-refractivity contribution in [1.29, 1.82) is 0 Å². The van der Waals surface area contributed by atoms with Crippen LogP contribution in [-0.4, -0.2) is 17.7 Å². The minimum atomic E-state index is -1.44. The van der Waals surface area contributed by atoms with E-state index in [1.165, 1.54) is 0 Å². The van der Waals surface area contributed by atoms with Crippen molar-refractivity contribution in [2.75, 3.05) is 6.61 Å². The Hall–Kier alpha value is -3.35. The molecule has 0 bridgehead atoms. The number of rotatable bonds is 6. The standard InChI is InChI=1S/C24H20O3/c25-23(26)24(22-14-8-3-9-15-22,17-16-20-10-4-1-5-11-20)19-27-18-21-12-6-2-7-13-21/h1-15H,18-19H2,(H,25,26). The topological polar surface area (TPSA) is 46.5 Å². The molecule has 1 N–H and O–H groups in total. The molecule has 3 heteroatoms. The number of carbonyl (C=O) groups is 1. The van der Waals surface area contributed by atoms with Gasteiger partial charge in [-0.15, -0.1) is 0 Å². The number of carboxylic acids is 1. The van der Waals surface area contributed by atoms with Gasteiger partial charge in [-0.1, -0.05) is 90.7 Å². The number of hydrogen-bond acceptors (Lipinski definition) is 2. The summed E-state index contributed by atoms with van der Waals surface area (Å²) in [6.07, 6.45) is 0. The van der Waals surface area contributed by atoms with E-state index in [2.05, 4.69) is 11.8 Å². The first-order valence-corrected chi connectivity index (χ1v) is 8.69. The van der Waals surface area contributed by atoms with Gasteiger partial charge in [0, 0.05) is 5.56 Å². The molecule has 3 rings (SSSR count). The Kier molecular flexibility index (Phi) is 6.04. The average molecular weight is 356 g/mol. The van der Waals surface area contributed by atoms with Crippen LogP contribution < -0.4 is 0 Å². The number of ether oxygens (including phenoxy) is 1. The molecule has 0 aromatic heterocycles. The molecule has 0 heterocycles. The molecular weight excluding hydrogens is 336 g/mol. The molecule has 0 fully saturated rings. The lowest BCUT2D eigenvalue weighted by Gasteiger charge is -2.24. The van der Waals surface area contributed by atoms with Gasteiger partial charge in [0.1, 0.15) is 0 Å². The minimum Gasteiger partial charge on any atom is -0.480 e. The quantitative estimate of drug-likeness (QED) is 0.671. The fourth-order valence-corrected chi connectivity index (χ4v) is 2.75. The fourth-order valence-electron chi connectivity index (χ4n) is 2.75. The van der Waals surface area contributed by atoms with Gasteiger partial charge in [-0.2, -0.15) is 0 Å². The van der Waals surface area contributed by atoms with Crippen LogP contribution in [0.15, 0.2) is 91.0 Å². The van der Waals surface area contributed by atoms with E-state index in [1.54, 1.807) is 12.1 Å². The molecule has 0 saturated heterocycles. The summed E-state index contributed by atoms with van der Waals surface area (Å²) in [6.45, 7) is 0.288. The Bertz CT molecular complexity index is 925. The van der Waals surface area contributed by atoms with Crippen molar-refractivity contribution in [3.63, 3.8) is 0 Å². The third-order valence-corrected chi connectivity index (χ3v) is 4.26. The molecule has 134 valence electrons. The van der Waals surface area contributed by atoms with Crippen LogP contribution >= 0.6 is 0 Å². The zero-order valence-corrected chi connectivity index (χ0v) is 14.8. The lowest BCUT2D eigenvalue weighted by atomic mass is 9.81. The maximum absolute atomic E-state index is 12.3. The Morgan fingerprint density at radius 3 is 2.00 bits per heavy atom. The van der Waals surface area contributed by atoms with Crippen molar-refractivity contribution in [3.05, 3.63) is 108 Å². The highest BCUT2D eigenvalue weighted by Crippen LogP contribution is 2.25. The van der Waals surface area contributed by atoms with Crippen LogP contribution in [0.3, 0.4) is 0 Å². The van der Waals surface area contributed by atoms with Gasteiger partial charge in [-0.05, 0) is 23.3 Å². The molecule has 0 saturated carbocycles. The van der Waals surface area contributed by atoms with Crippen LogP contribution in [0.25, 0.3) is 0 Å². The number of benzene rings is 3. The Morgan fingerprint density at radius 1 is 0.852 bits per heavy atom. The second-order valence-electron chi connectivity index (χ2n) is 6.17. The molecule has 0 aliphatic heterocycles. The highest BCUT2D eigenvalue weighted by Gasteiger charge is 2.39. The summed E-state index contributed by atoms with van der Waals surface area (Å²) in [7, 11) is 0. The SMILES string of the molecule is O=C(O)C(C#Cc1ccccc1)(COCc1ccccc1)c1ccccc1. The lowest BCUT2D eigenvalue weighted by molar-refractivity contribution is -0.143. The van der Waals surface area contributed by atoms with E-state index in [0.29, 0.717) is 12.2 Å². The van der Waals surface area contributed by atoms with Crippen LogP contribution in [0.2, 0.25) is 0 Å². The van der Waals surface area contributed by atoms with Gasteiger partial charge in [0.05, 0.1) is 13.2 Å². The van der Waals surface area contributed by atoms with Gasteiger partial charge >= 0.3 is 5.97 Å². The zero-order valence-electron chi connectivity index (χ0n) is 14.8. The Labute approximate surface area is 159 Å². The number of hydrogen-bond donors (Lipinski definition) is 1. The molecule has 3 nitrogen and oxygen atoms in total. The second-order valence-corrected chi connectivity index (χ2v) is 6.17. The summed E-state index contributed by atoms with van der Waals surface area (Å²) in [5.41, 5.74) is 0.920. The molecule has 3 aromatic carbocycles. The van der Waals surface area contributed by atoms with Crippen LogP contribution in [0.1, 0.15) is 16.7 Å². The van der Waals surface area contributed by atoms with Crippen molar-refractivity contribution in [2.45, 2.75) is 12.0 Å². The average Bonchev–Trinajstić information content (AvgIpc) is 2.72.